The van der Waals surface area contributed by atoms with E-state index in [0.717, 1.165) is 22.4 Å². The standard InChI is InChI=1S/C22H18O2/c1-24-21-9-5-6-17(16-21)10-15-22(23)20-13-11-19(12-14-20)18-7-3-2-4-8-18/h2-16H,1H3/b15-10+. The fourth-order valence-electron chi connectivity index (χ4n) is 2.47. The molecule has 3 aromatic rings. The summed E-state index contributed by atoms with van der Waals surface area (Å²) in [5, 5.41) is 0. The maximum Gasteiger partial charge on any atom is 0.185 e. The molecule has 24 heavy (non-hydrogen) atoms. The van der Waals surface area contributed by atoms with Gasteiger partial charge in [-0.2, -0.15) is 0 Å². The lowest BCUT2D eigenvalue weighted by molar-refractivity contribution is 0.104. The van der Waals surface area contributed by atoms with E-state index in [1.807, 2.05) is 66.7 Å². The molecule has 0 heterocycles. The van der Waals surface area contributed by atoms with Crippen LogP contribution >= 0.6 is 0 Å². The highest BCUT2D eigenvalue weighted by Crippen LogP contribution is 2.20. The summed E-state index contributed by atoms with van der Waals surface area (Å²) >= 11 is 0. The van der Waals surface area contributed by atoms with Crippen molar-refractivity contribution in [1.82, 2.24) is 0 Å². The maximum atomic E-state index is 12.3. The summed E-state index contributed by atoms with van der Waals surface area (Å²) in [7, 11) is 1.63. The van der Waals surface area contributed by atoms with Crippen molar-refractivity contribution in [1.29, 1.82) is 0 Å². The van der Waals surface area contributed by atoms with Crippen molar-refractivity contribution in [2.75, 3.05) is 7.11 Å². The number of allylic oxidation sites excluding steroid dienone is 1. The number of benzene rings is 3. The number of hydrogen-bond acceptors (Lipinski definition) is 2. The van der Waals surface area contributed by atoms with E-state index in [1.54, 1.807) is 19.3 Å². The molecule has 2 nitrogen and oxygen atoms in total. The molecule has 0 radical (unpaired) electrons. The molecule has 0 atom stereocenters. The third kappa shape index (κ3) is 3.79. The second-order valence-corrected chi connectivity index (χ2v) is 5.42. The number of ketones is 1. The Morgan fingerprint density at radius 1 is 0.833 bits per heavy atom. The minimum absolute atomic E-state index is 0.0163. The SMILES string of the molecule is COc1cccc(/C=C/C(=O)c2ccc(-c3ccccc3)cc2)c1. The van der Waals surface area contributed by atoms with Gasteiger partial charge in [-0.25, -0.2) is 0 Å². The van der Waals surface area contributed by atoms with Crippen LogP contribution in [-0.2, 0) is 0 Å². The van der Waals surface area contributed by atoms with E-state index in [2.05, 4.69) is 12.1 Å². The maximum absolute atomic E-state index is 12.3. The van der Waals surface area contributed by atoms with Gasteiger partial charge in [0.05, 0.1) is 7.11 Å². The molecule has 0 amide bonds. The number of ether oxygens (including phenoxy) is 1. The van der Waals surface area contributed by atoms with Gasteiger partial charge in [0.1, 0.15) is 5.75 Å². The summed E-state index contributed by atoms with van der Waals surface area (Å²) in [6, 6.07) is 25.4. The first-order chi connectivity index (χ1) is 11.8. The Kier molecular flexibility index (Phi) is 4.87. The van der Waals surface area contributed by atoms with Gasteiger partial charge in [0.25, 0.3) is 0 Å². The molecule has 0 saturated heterocycles. The number of rotatable bonds is 5. The monoisotopic (exact) mass is 314 g/mol. The van der Waals surface area contributed by atoms with Crippen LogP contribution < -0.4 is 4.74 Å². The molecule has 3 rings (SSSR count). The summed E-state index contributed by atoms with van der Waals surface area (Å²) in [5.74, 6) is 0.759. The van der Waals surface area contributed by atoms with Gasteiger partial charge >= 0.3 is 0 Å². The highest BCUT2D eigenvalue weighted by molar-refractivity contribution is 6.07. The lowest BCUT2D eigenvalue weighted by Crippen LogP contribution is -1.93. The Morgan fingerprint density at radius 2 is 1.54 bits per heavy atom. The lowest BCUT2D eigenvalue weighted by Gasteiger charge is -2.03. The topological polar surface area (TPSA) is 26.3 Å². The zero-order valence-corrected chi connectivity index (χ0v) is 13.5. The van der Waals surface area contributed by atoms with Crippen LogP contribution in [0.5, 0.6) is 5.75 Å². The molecule has 0 N–H and O–H groups in total. The minimum Gasteiger partial charge on any atom is -0.497 e. The van der Waals surface area contributed by atoms with Gasteiger partial charge < -0.3 is 4.74 Å². The molecule has 0 aromatic heterocycles. The van der Waals surface area contributed by atoms with Crippen molar-refractivity contribution < 1.29 is 9.53 Å². The van der Waals surface area contributed by atoms with E-state index in [4.69, 9.17) is 4.74 Å². The zero-order chi connectivity index (χ0) is 16.8. The van der Waals surface area contributed by atoms with Gasteiger partial charge in [-0.05, 0) is 34.9 Å². The van der Waals surface area contributed by atoms with Crippen LogP contribution in [0, 0.1) is 0 Å². The van der Waals surface area contributed by atoms with Crippen LogP contribution in [0.4, 0.5) is 0 Å². The van der Waals surface area contributed by atoms with E-state index < -0.39 is 0 Å². The van der Waals surface area contributed by atoms with Gasteiger partial charge in [0.15, 0.2) is 5.78 Å². The Hall–Kier alpha value is -3.13. The van der Waals surface area contributed by atoms with Crippen LogP contribution in [0.15, 0.2) is 84.9 Å². The third-order valence-electron chi connectivity index (χ3n) is 3.80. The molecule has 3 aromatic carbocycles. The van der Waals surface area contributed by atoms with Crippen molar-refractivity contribution in [3.8, 4) is 16.9 Å². The van der Waals surface area contributed by atoms with Crippen molar-refractivity contribution >= 4 is 11.9 Å². The molecule has 0 saturated carbocycles. The molecule has 0 fully saturated rings. The smallest absolute Gasteiger partial charge is 0.185 e. The van der Waals surface area contributed by atoms with E-state index in [1.165, 1.54) is 0 Å². The highest BCUT2D eigenvalue weighted by Gasteiger charge is 2.03. The fraction of sp³-hybridized carbons (Fsp3) is 0.0455. The second-order valence-electron chi connectivity index (χ2n) is 5.42. The second kappa shape index (κ2) is 7.42. The summed E-state index contributed by atoms with van der Waals surface area (Å²) in [6.45, 7) is 0. The first-order valence-corrected chi connectivity index (χ1v) is 7.78. The van der Waals surface area contributed by atoms with Gasteiger partial charge in [0.2, 0.25) is 0 Å². The molecular weight excluding hydrogens is 296 g/mol. The van der Waals surface area contributed by atoms with Crippen LogP contribution in [0.25, 0.3) is 17.2 Å². The third-order valence-corrected chi connectivity index (χ3v) is 3.80. The normalized spacial score (nSPS) is 10.7. The molecule has 0 unspecified atom stereocenters. The van der Waals surface area contributed by atoms with Gasteiger partial charge in [-0.1, -0.05) is 72.8 Å². The Morgan fingerprint density at radius 3 is 2.25 bits per heavy atom. The molecule has 0 spiro atoms. The quantitative estimate of drug-likeness (QED) is 0.474. The predicted molar refractivity (Wildman–Crippen MR) is 98.2 cm³/mol. The van der Waals surface area contributed by atoms with E-state index in [9.17, 15) is 4.79 Å². The lowest BCUT2D eigenvalue weighted by atomic mass is 10.0. The predicted octanol–water partition coefficient (Wildman–Crippen LogP) is 5.26. The molecule has 2 heteroatoms. The largest absolute Gasteiger partial charge is 0.497 e. The molecule has 0 aliphatic heterocycles. The molecule has 0 aliphatic rings. The zero-order valence-electron chi connectivity index (χ0n) is 13.5. The summed E-state index contributed by atoms with van der Waals surface area (Å²) in [5.41, 5.74) is 3.85. The molecule has 0 aliphatic carbocycles. The van der Waals surface area contributed by atoms with Crippen molar-refractivity contribution in [3.63, 3.8) is 0 Å². The van der Waals surface area contributed by atoms with Crippen LogP contribution in [0.1, 0.15) is 15.9 Å². The minimum atomic E-state index is -0.0163. The Labute approximate surface area is 142 Å². The average Bonchev–Trinajstić information content (AvgIpc) is 2.67. The first kappa shape index (κ1) is 15.8. The summed E-state index contributed by atoms with van der Waals surface area (Å²) in [6.07, 6.45) is 3.39. The highest BCUT2D eigenvalue weighted by atomic mass is 16.5. The van der Waals surface area contributed by atoms with E-state index >= 15 is 0 Å². The van der Waals surface area contributed by atoms with E-state index in [0.29, 0.717) is 5.56 Å². The van der Waals surface area contributed by atoms with Crippen LogP contribution in [0.2, 0.25) is 0 Å². The average molecular weight is 314 g/mol. The van der Waals surface area contributed by atoms with Crippen molar-refractivity contribution in [3.05, 3.63) is 96.1 Å². The molecule has 0 bridgehead atoms. The number of methoxy groups -OCH3 is 1. The number of carbonyl (C=O) groups is 1. The van der Waals surface area contributed by atoms with Gasteiger partial charge in [-0.3, -0.25) is 4.79 Å². The van der Waals surface area contributed by atoms with Gasteiger partial charge in [-0.15, -0.1) is 0 Å². The van der Waals surface area contributed by atoms with Crippen molar-refractivity contribution in [2.24, 2.45) is 0 Å². The fourth-order valence-corrected chi connectivity index (χ4v) is 2.47. The van der Waals surface area contributed by atoms with Crippen molar-refractivity contribution in [2.45, 2.75) is 0 Å². The Balaban J connectivity index is 1.74. The van der Waals surface area contributed by atoms with Gasteiger partial charge in [0, 0.05) is 5.56 Å². The molecule has 118 valence electrons. The summed E-state index contributed by atoms with van der Waals surface area (Å²) in [4.78, 5) is 12.3. The molecular formula is C22H18O2. The number of carbonyl (C=O) groups excluding carboxylic acids is 1. The first-order valence-electron chi connectivity index (χ1n) is 7.78. The Bertz CT molecular complexity index is 847. The number of hydrogen-bond donors (Lipinski definition) is 0. The summed E-state index contributed by atoms with van der Waals surface area (Å²) < 4.78 is 5.18. The van der Waals surface area contributed by atoms with E-state index in [-0.39, 0.29) is 5.78 Å². The van der Waals surface area contributed by atoms with Crippen LogP contribution in [-0.4, -0.2) is 12.9 Å². The van der Waals surface area contributed by atoms with Crippen LogP contribution in [0.3, 0.4) is 0 Å².